The van der Waals surface area contributed by atoms with Crippen LogP contribution in [-0.4, -0.2) is 25.2 Å². The first-order chi connectivity index (χ1) is 7.49. The first kappa shape index (κ1) is 11.7. The van der Waals surface area contributed by atoms with Gasteiger partial charge in [0.05, 0.1) is 10.7 Å². The fourth-order valence-corrected chi connectivity index (χ4v) is 2.70. The minimum atomic E-state index is 0.157. The highest BCUT2D eigenvalue weighted by Gasteiger charge is 2.27. The lowest BCUT2D eigenvalue weighted by molar-refractivity contribution is 0.353. The molecule has 0 aliphatic carbocycles. The van der Waals surface area contributed by atoms with E-state index in [0.29, 0.717) is 0 Å². The Balaban J connectivity index is 2.30. The molecule has 1 aromatic carbocycles. The highest BCUT2D eigenvalue weighted by atomic mass is 35.5. The zero-order chi connectivity index (χ0) is 11.8. The number of hydrogen-bond donors (Lipinski definition) is 1. The standard InChI is InChI=1S/C13H19ClN2/c1-10-5-4-6-11(14)12(10)16-8-7-15-13(2,3)9-16/h4-6,15H,7-9H2,1-3H3. The smallest absolute Gasteiger partial charge is 0.0642 e. The average molecular weight is 239 g/mol. The van der Waals surface area contributed by atoms with E-state index in [1.54, 1.807) is 0 Å². The van der Waals surface area contributed by atoms with Crippen molar-refractivity contribution in [2.24, 2.45) is 0 Å². The summed E-state index contributed by atoms with van der Waals surface area (Å²) >= 11 is 6.29. The molecular weight excluding hydrogens is 220 g/mol. The van der Waals surface area contributed by atoms with Crippen LogP contribution < -0.4 is 10.2 Å². The fourth-order valence-electron chi connectivity index (χ4n) is 2.36. The maximum Gasteiger partial charge on any atom is 0.0642 e. The molecule has 2 nitrogen and oxygen atoms in total. The SMILES string of the molecule is Cc1cccc(Cl)c1N1CCNC(C)(C)C1. The molecule has 0 unspecified atom stereocenters. The predicted octanol–water partition coefficient (Wildman–Crippen LogP) is 2.84. The van der Waals surface area contributed by atoms with Gasteiger partial charge < -0.3 is 10.2 Å². The number of aryl methyl sites for hydroxylation is 1. The third kappa shape index (κ3) is 2.33. The molecule has 1 aliphatic rings. The first-order valence-corrected chi connectivity index (χ1v) is 6.12. The van der Waals surface area contributed by atoms with Crippen LogP contribution in [0.5, 0.6) is 0 Å². The van der Waals surface area contributed by atoms with E-state index in [0.717, 1.165) is 24.7 Å². The van der Waals surface area contributed by atoms with Crippen LogP contribution in [0.1, 0.15) is 19.4 Å². The molecule has 1 aliphatic heterocycles. The lowest BCUT2D eigenvalue weighted by Gasteiger charge is -2.41. The van der Waals surface area contributed by atoms with E-state index in [1.165, 1.54) is 11.3 Å². The van der Waals surface area contributed by atoms with Crippen molar-refractivity contribution in [2.75, 3.05) is 24.5 Å². The van der Waals surface area contributed by atoms with Crippen molar-refractivity contribution in [1.29, 1.82) is 0 Å². The second-order valence-electron chi connectivity index (χ2n) is 5.14. The van der Waals surface area contributed by atoms with Crippen LogP contribution in [0.2, 0.25) is 5.02 Å². The van der Waals surface area contributed by atoms with Gasteiger partial charge in [0.15, 0.2) is 0 Å². The summed E-state index contributed by atoms with van der Waals surface area (Å²) in [5.74, 6) is 0. The fraction of sp³-hybridized carbons (Fsp3) is 0.538. The number of halogens is 1. The van der Waals surface area contributed by atoms with E-state index in [2.05, 4.69) is 37.1 Å². The second kappa shape index (κ2) is 4.27. The average Bonchev–Trinajstić information content (AvgIpc) is 2.15. The van der Waals surface area contributed by atoms with Crippen LogP contribution in [0.15, 0.2) is 18.2 Å². The summed E-state index contributed by atoms with van der Waals surface area (Å²) in [6.07, 6.45) is 0. The predicted molar refractivity (Wildman–Crippen MR) is 70.5 cm³/mol. The molecule has 1 N–H and O–H groups in total. The molecule has 1 saturated heterocycles. The van der Waals surface area contributed by atoms with Crippen molar-refractivity contribution in [3.05, 3.63) is 28.8 Å². The normalized spacial score (nSPS) is 19.9. The van der Waals surface area contributed by atoms with Gasteiger partial charge in [0.25, 0.3) is 0 Å². The van der Waals surface area contributed by atoms with E-state index in [1.807, 2.05) is 12.1 Å². The number of nitrogens with zero attached hydrogens (tertiary/aromatic N) is 1. The van der Waals surface area contributed by atoms with Crippen LogP contribution in [0.3, 0.4) is 0 Å². The lowest BCUT2D eigenvalue weighted by Crippen LogP contribution is -2.57. The molecule has 0 spiro atoms. The number of piperazine rings is 1. The van der Waals surface area contributed by atoms with E-state index >= 15 is 0 Å². The highest BCUT2D eigenvalue weighted by molar-refractivity contribution is 6.33. The molecule has 1 aromatic rings. The molecule has 88 valence electrons. The molecule has 16 heavy (non-hydrogen) atoms. The number of hydrogen-bond acceptors (Lipinski definition) is 2. The number of para-hydroxylation sites is 1. The maximum atomic E-state index is 6.29. The van der Waals surface area contributed by atoms with Crippen molar-refractivity contribution >= 4 is 17.3 Å². The summed E-state index contributed by atoms with van der Waals surface area (Å²) in [6.45, 7) is 9.61. The van der Waals surface area contributed by atoms with Crippen molar-refractivity contribution in [1.82, 2.24) is 5.32 Å². The van der Waals surface area contributed by atoms with Gasteiger partial charge in [-0.15, -0.1) is 0 Å². The summed E-state index contributed by atoms with van der Waals surface area (Å²) in [5, 5.41) is 4.37. The summed E-state index contributed by atoms with van der Waals surface area (Å²) in [5.41, 5.74) is 2.60. The van der Waals surface area contributed by atoms with E-state index in [4.69, 9.17) is 11.6 Å². The number of anilines is 1. The van der Waals surface area contributed by atoms with Gasteiger partial charge in [0.2, 0.25) is 0 Å². The third-order valence-electron chi connectivity index (χ3n) is 3.08. The molecule has 3 heteroatoms. The molecule has 0 saturated carbocycles. The molecular formula is C13H19ClN2. The highest BCUT2D eigenvalue weighted by Crippen LogP contribution is 2.31. The summed E-state index contributed by atoms with van der Waals surface area (Å²) in [6, 6.07) is 6.10. The molecule has 0 bridgehead atoms. The van der Waals surface area contributed by atoms with Crippen molar-refractivity contribution in [3.8, 4) is 0 Å². The summed E-state index contributed by atoms with van der Waals surface area (Å²) in [4.78, 5) is 2.38. The van der Waals surface area contributed by atoms with Gasteiger partial charge in [-0.25, -0.2) is 0 Å². The van der Waals surface area contributed by atoms with Crippen molar-refractivity contribution in [3.63, 3.8) is 0 Å². The van der Waals surface area contributed by atoms with Crippen LogP contribution >= 0.6 is 11.6 Å². The maximum absolute atomic E-state index is 6.29. The Kier molecular flexibility index (Phi) is 3.13. The summed E-state index contributed by atoms with van der Waals surface area (Å²) in [7, 11) is 0. The quantitative estimate of drug-likeness (QED) is 0.810. The molecule has 1 heterocycles. The van der Waals surface area contributed by atoms with Crippen LogP contribution in [-0.2, 0) is 0 Å². The second-order valence-corrected chi connectivity index (χ2v) is 5.54. The van der Waals surface area contributed by atoms with E-state index < -0.39 is 0 Å². The zero-order valence-corrected chi connectivity index (χ0v) is 10.9. The number of nitrogens with one attached hydrogen (secondary N) is 1. The van der Waals surface area contributed by atoms with Gasteiger partial charge in [-0.2, -0.15) is 0 Å². The minimum absolute atomic E-state index is 0.157. The molecule has 0 atom stereocenters. The van der Waals surface area contributed by atoms with Gasteiger partial charge in [-0.3, -0.25) is 0 Å². The zero-order valence-electron chi connectivity index (χ0n) is 10.2. The number of benzene rings is 1. The number of rotatable bonds is 1. The van der Waals surface area contributed by atoms with Crippen LogP contribution in [0, 0.1) is 6.92 Å². The molecule has 0 amide bonds. The van der Waals surface area contributed by atoms with Gasteiger partial charge in [-0.1, -0.05) is 23.7 Å². The van der Waals surface area contributed by atoms with Gasteiger partial charge in [-0.05, 0) is 32.4 Å². The van der Waals surface area contributed by atoms with Crippen LogP contribution in [0.25, 0.3) is 0 Å². The van der Waals surface area contributed by atoms with E-state index in [9.17, 15) is 0 Å². The largest absolute Gasteiger partial charge is 0.367 e. The Morgan fingerprint density at radius 3 is 2.75 bits per heavy atom. The Labute approximate surface area is 103 Å². The summed E-state index contributed by atoms with van der Waals surface area (Å²) < 4.78 is 0. The topological polar surface area (TPSA) is 15.3 Å². The van der Waals surface area contributed by atoms with Crippen molar-refractivity contribution < 1.29 is 0 Å². The molecule has 0 radical (unpaired) electrons. The lowest BCUT2D eigenvalue weighted by atomic mass is 10.0. The Morgan fingerprint density at radius 1 is 1.38 bits per heavy atom. The Hall–Kier alpha value is -0.730. The monoisotopic (exact) mass is 238 g/mol. The Bertz CT molecular complexity index is 367. The Morgan fingerprint density at radius 2 is 2.12 bits per heavy atom. The van der Waals surface area contributed by atoms with Crippen LogP contribution in [0.4, 0.5) is 5.69 Å². The molecule has 1 fully saturated rings. The van der Waals surface area contributed by atoms with Gasteiger partial charge >= 0.3 is 0 Å². The first-order valence-electron chi connectivity index (χ1n) is 5.75. The van der Waals surface area contributed by atoms with Crippen molar-refractivity contribution in [2.45, 2.75) is 26.3 Å². The molecule has 0 aromatic heterocycles. The molecule has 2 rings (SSSR count). The van der Waals surface area contributed by atoms with E-state index in [-0.39, 0.29) is 5.54 Å². The minimum Gasteiger partial charge on any atom is -0.367 e. The van der Waals surface area contributed by atoms with Gasteiger partial charge in [0, 0.05) is 25.2 Å². The van der Waals surface area contributed by atoms with Gasteiger partial charge in [0.1, 0.15) is 0 Å². The third-order valence-corrected chi connectivity index (χ3v) is 3.38.